The first kappa shape index (κ1) is 17.9. The number of nitrogens with one attached hydrogen (secondary N) is 2. The van der Waals surface area contributed by atoms with Crippen molar-refractivity contribution in [3.8, 4) is 22.8 Å². The number of anilines is 1. The molecule has 7 heteroatoms. The van der Waals surface area contributed by atoms with E-state index in [1.54, 1.807) is 48.5 Å². The average Bonchev–Trinajstić information content (AvgIpc) is 3.19. The molecular formula is C21H18N4O2S. The smallest absolute Gasteiger partial charge is 0.261 e. The lowest BCUT2D eigenvalue weighted by molar-refractivity contribution is 0.601. The molecule has 0 unspecified atom stereocenters. The molecule has 1 heterocycles. The van der Waals surface area contributed by atoms with Crippen LogP contribution in [0.25, 0.3) is 22.8 Å². The third kappa shape index (κ3) is 3.79. The van der Waals surface area contributed by atoms with Crippen LogP contribution in [0.4, 0.5) is 5.69 Å². The first-order chi connectivity index (χ1) is 13.5. The second-order valence-electron chi connectivity index (χ2n) is 6.37. The SMILES string of the molecule is Cc1ccc(S(=O)(=O)Nc2ccc(-c3nc(-c4ccccc4)n[nH]3)cc2)cc1. The summed E-state index contributed by atoms with van der Waals surface area (Å²) in [6, 6.07) is 23.4. The van der Waals surface area contributed by atoms with Crippen LogP contribution in [0.1, 0.15) is 5.56 Å². The Hall–Kier alpha value is -3.45. The van der Waals surface area contributed by atoms with E-state index in [-0.39, 0.29) is 4.90 Å². The largest absolute Gasteiger partial charge is 0.280 e. The van der Waals surface area contributed by atoms with Gasteiger partial charge >= 0.3 is 0 Å². The molecule has 4 aromatic rings. The number of aromatic amines is 1. The third-order valence-electron chi connectivity index (χ3n) is 4.26. The molecule has 4 rings (SSSR count). The van der Waals surface area contributed by atoms with Crippen molar-refractivity contribution in [3.05, 3.63) is 84.4 Å². The zero-order valence-electron chi connectivity index (χ0n) is 15.1. The van der Waals surface area contributed by atoms with Crippen LogP contribution in [0.2, 0.25) is 0 Å². The van der Waals surface area contributed by atoms with Gasteiger partial charge in [0.15, 0.2) is 11.6 Å². The van der Waals surface area contributed by atoms with E-state index in [1.807, 2.05) is 37.3 Å². The fraction of sp³-hybridized carbons (Fsp3) is 0.0476. The van der Waals surface area contributed by atoms with E-state index >= 15 is 0 Å². The Morgan fingerprint density at radius 2 is 1.50 bits per heavy atom. The second-order valence-corrected chi connectivity index (χ2v) is 8.05. The highest BCUT2D eigenvalue weighted by Gasteiger charge is 2.14. The van der Waals surface area contributed by atoms with Crippen LogP contribution in [-0.2, 0) is 10.0 Å². The minimum absolute atomic E-state index is 0.227. The summed E-state index contributed by atoms with van der Waals surface area (Å²) in [6.45, 7) is 1.91. The molecule has 3 aromatic carbocycles. The van der Waals surface area contributed by atoms with Crippen molar-refractivity contribution in [1.82, 2.24) is 15.2 Å². The lowest BCUT2D eigenvalue weighted by Crippen LogP contribution is -2.12. The van der Waals surface area contributed by atoms with Gasteiger partial charge in [0, 0.05) is 16.8 Å². The van der Waals surface area contributed by atoms with Gasteiger partial charge in [0.2, 0.25) is 0 Å². The van der Waals surface area contributed by atoms with Gasteiger partial charge < -0.3 is 0 Å². The Bertz CT molecular complexity index is 1180. The van der Waals surface area contributed by atoms with E-state index in [2.05, 4.69) is 19.9 Å². The van der Waals surface area contributed by atoms with E-state index in [1.165, 1.54) is 0 Å². The molecule has 0 spiro atoms. The molecule has 6 nitrogen and oxygen atoms in total. The topological polar surface area (TPSA) is 87.7 Å². The van der Waals surface area contributed by atoms with Crippen LogP contribution in [0, 0.1) is 6.92 Å². The molecule has 0 saturated carbocycles. The Balaban J connectivity index is 1.53. The zero-order valence-corrected chi connectivity index (χ0v) is 15.9. The van der Waals surface area contributed by atoms with E-state index in [4.69, 9.17) is 0 Å². The van der Waals surface area contributed by atoms with E-state index in [0.717, 1.165) is 16.7 Å². The first-order valence-electron chi connectivity index (χ1n) is 8.69. The molecule has 28 heavy (non-hydrogen) atoms. The standard InChI is InChI=1S/C21H18N4O2S/c1-15-7-13-19(14-8-15)28(26,27)25-18-11-9-17(10-12-18)21-22-20(23-24-21)16-5-3-2-4-6-16/h2-14,25H,1H3,(H,22,23,24). The third-order valence-corrected chi connectivity index (χ3v) is 5.66. The number of aromatic nitrogens is 3. The summed E-state index contributed by atoms with van der Waals surface area (Å²) in [6.07, 6.45) is 0. The molecular weight excluding hydrogens is 372 g/mol. The van der Waals surface area contributed by atoms with Crippen LogP contribution >= 0.6 is 0 Å². The van der Waals surface area contributed by atoms with Crippen LogP contribution in [0.5, 0.6) is 0 Å². The summed E-state index contributed by atoms with van der Waals surface area (Å²) in [4.78, 5) is 4.73. The van der Waals surface area contributed by atoms with Crippen LogP contribution in [-0.4, -0.2) is 23.6 Å². The molecule has 0 bridgehead atoms. The molecule has 1 aromatic heterocycles. The fourth-order valence-corrected chi connectivity index (χ4v) is 3.79. The number of H-pyrrole nitrogens is 1. The van der Waals surface area contributed by atoms with Crippen molar-refractivity contribution in [2.24, 2.45) is 0 Å². The van der Waals surface area contributed by atoms with E-state index < -0.39 is 10.0 Å². The van der Waals surface area contributed by atoms with Crippen LogP contribution < -0.4 is 4.72 Å². The summed E-state index contributed by atoms with van der Waals surface area (Å²) in [5, 5.41) is 7.16. The highest BCUT2D eigenvalue weighted by atomic mass is 32.2. The highest BCUT2D eigenvalue weighted by molar-refractivity contribution is 7.92. The Kier molecular flexibility index (Phi) is 4.67. The maximum absolute atomic E-state index is 12.5. The Morgan fingerprint density at radius 3 is 2.18 bits per heavy atom. The number of rotatable bonds is 5. The lowest BCUT2D eigenvalue weighted by atomic mass is 10.2. The van der Waals surface area contributed by atoms with Gasteiger partial charge in [0.1, 0.15) is 0 Å². The van der Waals surface area contributed by atoms with E-state index in [9.17, 15) is 8.42 Å². The van der Waals surface area contributed by atoms with Gasteiger partial charge in [-0.05, 0) is 43.3 Å². The van der Waals surface area contributed by atoms with Crippen LogP contribution in [0.3, 0.4) is 0 Å². The summed E-state index contributed by atoms with van der Waals surface area (Å²) in [5.41, 5.74) is 3.22. The van der Waals surface area contributed by atoms with Crippen molar-refractivity contribution >= 4 is 15.7 Å². The quantitative estimate of drug-likeness (QED) is 0.533. The zero-order chi connectivity index (χ0) is 19.6. The molecule has 0 aliphatic rings. The van der Waals surface area contributed by atoms with Gasteiger partial charge in [0.25, 0.3) is 10.0 Å². The number of aryl methyl sites for hydroxylation is 1. The number of hydrogen-bond donors (Lipinski definition) is 2. The van der Waals surface area contributed by atoms with Crippen molar-refractivity contribution in [2.45, 2.75) is 11.8 Å². The predicted octanol–water partition coefficient (Wildman–Crippen LogP) is 4.25. The van der Waals surface area contributed by atoms with Gasteiger partial charge in [-0.2, -0.15) is 5.10 Å². The van der Waals surface area contributed by atoms with Gasteiger partial charge in [-0.25, -0.2) is 13.4 Å². The summed E-state index contributed by atoms with van der Waals surface area (Å²) in [7, 11) is -3.63. The van der Waals surface area contributed by atoms with Crippen molar-refractivity contribution in [2.75, 3.05) is 4.72 Å². The van der Waals surface area contributed by atoms with Gasteiger partial charge in [-0.3, -0.25) is 9.82 Å². The second kappa shape index (κ2) is 7.28. The molecule has 0 aliphatic heterocycles. The number of sulfonamides is 1. The molecule has 0 aliphatic carbocycles. The van der Waals surface area contributed by atoms with Gasteiger partial charge in [-0.1, -0.05) is 48.0 Å². The molecule has 0 amide bonds. The van der Waals surface area contributed by atoms with Crippen molar-refractivity contribution in [1.29, 1.82) is 0 Å². The van der Waals surface area contributed by atoms with Crippen molar-refractivity contribution in [3.63, 3.8) is 0 Å². The number of hydrogen-bond acceptors (Lipinski definition) is 4. The average molecular weight is 390 g/mol. The van der Waals surface area contributed by atoms with Crippen molar-refractivity contribution < 1.29 is 8.42 Å². The minimum atomic E-state index is -3.63. The highest BCUT2D eigenvalue weighted by Crippen LogP contribution is 2.23. The summed E-state index contributed by atoms with van der Waals surface area (Å²) in [5.74, 6) is 1.23. The van der Waals surface area contributed by atoms with Gasteiger partial charge in [0.05, 0.1) is 4.90 Å². The minimum Gasteiger partial charge on any atom is -0.280 e. The normalized spacial score (nSPS) is 11.3. The maximum atomic E-state index is 12.5. The molecule has 140 valence electrons. The molecule has 0 saturated heterocycles. The number of nitrogens with zero attached hydrogens (tertiary/aromatic N) is 2. The molecule has 0 radical (unpaired) electrons. The predicted molar refractivity (Wildman–Crippen MR) is 109 cm³/mol. The monoisotopic (exact) mass is 390 g/mol. The Morgan fingerprint density at radius 1 is 0.821 bits per heavy atom. The van der Waals surface area contributed by atoms with Crippen LogP contribution in [0.15, 0.2) is 83.8 Å². The van der Waals surface area contributed by atoms with Gasteiger partial charge in [-0.15, -0.1) is 0 Å². The molecule has 0 atom stereocenters. The summed E-state index contributed by atoms with van der Waals surface area (Å²) < 4.78 is 27.6. The van der Waals surface area contributed by atoms with E-state index in [0.29, 0.717) is 17.3 Å². The first-order valence-corrected chi connectivity index (χ1v) is 10.2. The molecule has 2 N–H and O–H groups in total. The Labute approximate surface area is 163 Å². The fourth-order valence-electron chi connectivity index (χ4n) is 2.73. The summed E-state index contributed by atoms with van der Waals surface area (Å²) >= 11 is 0. The molecule has 0 fully saturated rings. The number of benzene rings is 3. The lowest BCUT2D eigenvalue weighted by Gasteiger charge is -2.08. The maximum Gasteiger partial charge on any atom is 0.261 e.